The molecule has 0 spiro atoms. The Kier molecular flexibility index (Phi) is 3.81. The van der Waals surface area contributed by atoms with Crippen LogP contribution in [0.15, 0.2) is 28.9 Å². The molecular formula is C11H12BrClN4. The molecule has 0 saturated heterocycles. The quantitative estimate of drug-likeness (QED) is 0.946. The van der Waals surface area contributed by atoms with Crippen LogP contribution < -0.4 is 5.73 Å². The maximum Gasteiger partial charge on any atom is 0.153 e. The summed E-state index contributed by atoms with van der Waals surface area (Å²) in [7, 11) is 1.83. The fraction of sp³-hybridized carbons (Fsp3) is 0.273. The van der Waals surface area contributed by atoms with E-state index < -0.39 is 0 Å². The summed E-state index contributed by atoms with van der Waals surface area (Å²) in [6.45, 7) is 0. The van der Waals surface area contributed by atoms with Gasteiger partial charge in [-0.25, -0.2) is 4.68 Å². The Balaban J connectivity index is 2.17. The van der Waals surface area contributed by atoms with Crippen molar-refractivity contribution in [1.29, 1.82) is 0 Å². The Morgan fingerprint density at radius 1 is 1.41 bits per heavy atom. The monoisotopic (exact) mass is 314 g/mol. The number of aromatic nitrogens is 3. The Labute approximate surface area is 113 Å². The number of hydrogen-bond donors (Lipinski definition) is 1. The van der Waals surface area contributed by atoms with Gasteiger partial charge in [-0.05, 0) is 40.0 Å². The third-order valence-corrected chi connectivity index (χ3v) is 3.36. The summed E-state index contributed by atoms with van der Waals surface area (Å²) in [4.78, 5) is 0. The third kappa shape index (κ3) is 2.86. The molecule has 2 aromatic rings. The minimum absolute atomic E-state index is 0.148. The minimum Gasteiger partial charge on any atom is -0.322 e. The fourth-order valence-electron chi connectivity index (χ4n) is 1.70. The van der Waals surface area contributed by atoms with Crippen LogP contribution in [0, 0.1) is 0 Å². The first-order chi connectivity index (χ1) is 8.08. The first-order valence-electron chi connectivity index (χ1n) is 5.13. The minimum atomic E-state index is -0.148. The zero-order valence-electron chi connectivity index (χ0n) is 9.27. The molecule has 6 heteroatoms. The molecule has 1 heterocycles. The lowest BCUT2D eigenvalue weighted by Gasteiger charge is -2.12. The van der Waals surface area contributed by atoms with Gasteiger partial charge in [0.15, 0.2) is 4.60 Å². The molecule has 1 aromatic carbocycles. The molecule has 1 aromatic heterocycles. The molecule has 0 radical (unpaired) electrons. The lowest BCUT2D eigenvalue weighted by atomic mass is 10.0. The summed E-state index contributed by atoms with van der Waals surface area (Å²) in [5.74, 6) is 0. The molecule has 0 aliphatic heterocycles. The lowest BCUT2D eigenvalue weighted by Crippen LogP contribution is -2.17. The maximum atomic E-state index is 6.15. The first kappa shape index (κ1) is 12.5. The second-order valence-corrected chi connectivity index (χ2v) is 5.01. The third-order valence-electron chi connectivity index (χ3n) is 2.55. The number of hydrogen-bond acceptors (Lipinski definition) is 3. The van der Waals surface area contributed by atoms with E-state index in [0.717, 1.165) is 22.7 Å². The molecule has 0 amide bonds. The predicted molar refractivity (Wildman–Crippen MR) is 70.8 cm³/mol. The van der Waals surface area contributed by atoms with Crippen LogP contribution in [-0.4, -0.2) is 15.0 Å². The highest BCUT2D eigenvalue weighted by Crippen LogP contribution is 2.22. The normalized spacial score (nSPS) is 12.7. The summed E-state index contributed by atoms with van der Waals surface area (Å²) < 4.78 is 2.38. The molecule has 17 heavy (non-hydrogen) atoms. The Morgan fingerprint density at radius 2 is 2.06 bits per heavy atom. The largest absolute Gasteiger partial charge is 0.322 e. The molecular weight excluding hydrogens is 304 g/mol. The number of rotatable bonds is 3. The van der Waals surface area contributed by atoms with Crippen LogP contribution >= 0.6 is 27.5 Å². The van der Waals surface area contributed by atoms with Crippen molar-refractivity contribution in [2.45, 2.75) is 12.5 Å². The van der Waals surface area contributed by atoms with E-state index >= 15 is 0 Å². The van der Waals surface area contributed by atoms with E-state index in [1.807, 2.05) is 31.3 Å². The summed E-state index contributed by atoms with van der Waals surface area (Å²) >= 11 is 9.18. The zero-order valence-corrected chi connectivity index (χ0v) is 11.6. The highest BCUT2D eigenvalue weighted by atomic mass is 79.9. The van der Waals surface area contributed by atoms with Gasteiger partial charge in [-0.2, -0.15) is 0 Å². The smallest absolute Gasteiger partial charge is 0.153 e. The summed E-state index contributed by atoms with van der Waals surface area (Å²) in [5, 5.41) is 8.56. The van der Waals surface area contributed by atoms with E-state index in [2.05, 4.69) is 26.2 Å². The molecule has 0 bridgehead atoms. The van der Waals surface area contributed by atoms with Crippen molar-refractivity contribution in [2.75, 3.05) is 0 Å². The number of aryl methyl sites for hydroxylation is 1. The molecule has 4 nitrogen and oxygen atoms in total. The van der Waals surface area contributed by atoms with E-state index in [1.165, 1.54) is 0 Å². The van der Waals surface area contributed by atoms with Crippen LogP contribution in [0.4, 0.5) is 0 Å². The molecule has 0 fully saturated rings. The first-order valence-corrected chi connectivity index (χ1v) is 6.30. The molecule has 90 valence electrons. The van der Waals surface area contributed by atoms with Crippen LogP contribution in [0.3, 0.4) is 0 Å². The Morgan fingerprint density at radius 3 is 2.59 bits per heavy atom. The van der Waals surface area contributed by atoms with Crippen LogP contribution in [0.2, 0.25) is 5.02 Å². The standard InChI is InChI=1S/C11H12BrClN4/c1-17-10(11(12)15-16-17)9(14)6-7-2-4-8(13)5-3-7/h2-5,9H,6,14H2,1H3. The van der Waals surface area contributed by atoms with Gasteiger partial charge in [0.1, 0.15) is 0 Å². The van der Waals surface area contributed by atoms with Gasteiger partial charge in [0.2, 0.25) is 0 Å². The van der Waals surface area contributed by atoms with Crippen molar-refractivity contribution in [1.82, 2.24) is 15.0 Å². The van der Waals surface area contributed by atoms with Gasteiger partial charge in [0, 0.05) is 12.1 Å². The summed E-state index contributed by atoms with van der Waals surface area (Å²) in [5.41, 5.74) is 8.17. The molecule has 0 saturated carbocycles. The van der Waals surface area contributed by atoms with Crippen LogP contribution in [0.25, 0.3) is 0 Å². The highest BCUT2D eigenvalue weighted by Gasteiger charge is 2.16. The van der Waals surface area contributed by atoms with Crippen LogP contribution in [0.5, 0.6) is 0 Å². The number of nitrogens with two attached hydrogens (primary N) is 1. The summed E-state index contributed by atoms with van der Waals surface area (Å²) in [6, 6.07) is 7.52. The summed E-state index contributed by atoms with van der Waals surface area (Å²) in [6.07, 6.45) is 0.719. The van der Waals surface area contributed by atoms with Gasteiger partial charge >= 0.3 is 0 Å². The second kappa shape index (κ2) is 5.16. The topological polar surface area (TPSA) is 56.7 Å². The molecule has 2 N–H and O–H groups in total. The van der Waals surface area contributed by atoms with E-state index in [1.54, 1.807) is 4.68 Å². The van der Waals surface area contributed by atoms with Gasteiger partial charge in [-0.1, -0.05) is 28.9 Å². The molecule has 1 unspecified atom stereocenters. The van der Waals surface area contributed by atoms with Crippen molar-refractivity contribution < 1.29 is 0 Å². The van der Waals surface area contributed by atoms with E-state index in [0.29, 0.717) is 4.60 Å². The number of nitrogens with zero attached hydrogens (tertiary/aromatic N) is 3. The maximum absolute atomic E-state index is 6.15. The van der Waals surface area contributed by atoms with Crippen molar-refractivity contribution in [3.63, 3.8) is 0 Å². The van der Waals surface area contributed by atoms with Gasteiger partial charge in [-0.15, -0.1) is 5.10 Å². The van der Waals surface area contributed by atoms with Crippen molar-refractivity contribution in [2.24, 2.45) is 12.8 Å². The molecule has 1 atom stereocenters. The fourth-order valence-corrected chi connectivity index (χ4v) is 2.45. The van der Waals surface area contributed by atoms with Gasteiger partial charge < -0.3 is 5.73 Å². The van der Waals surface area contributed by atoms with Crippen molar-refractivity contribution in [3.8, 4) is 0 Å². The van der Waals surface area contributed by atoms with Gasteiger partial charge in [0.05, 0.1) is 11.7 Å². The van der Waals surface area contributed by atoms with Gasteiger partial charge in [-0.3, -0.25) is 0 Å². The number of halogens is 2. The number of benzene rings is 1. The van der Waals surface area contributed by atoms with Gasteiger partial charge in [0.25, 0.3) is 0 Å². The molecule has 0 aliphatic rings. The average Bonchev–Trinajstić information content (AvgIpc) is 2.62. The highest BCUT2D eigenvalue weighted by molar-refractivity contribution is 9.10. The average molecular weight is 316 g/mol. The Bertz CT molecular complexity index is 489. The van der Waals surface area contributed by atoms with E-state index in [4.69, 9.17) is 17.3 Å². The predicted octanol–water partition coefficient (Wildman–Crippen LogP) is 2.47. The molecule has 2 rings (SSSR count). The second-order valence-electron chi connectivity index (χ2n) is 3.83. The SMILES string of the molecule is Cn1nnc(Br)c1C(N)Cc1ccc(Cl)cc1. The van der Waals surface area contributed by atoms with Crippen LogP contribution in [-0.2, 0) is 13.5 Å². The Hall–Kier alpha value is -0.910. The van der Waals surface area contributed by atoms with E-state index in [-0.39, 0.29) is 6.04 Å². The molecule has 0 aliphatic carbocycles. The van der Waals surface area contributed by atoms with Crippen molar-refractivity contribution >= 4 is 27.5 Å². The zero-order chi connectivity index (χ0) is 12.4. The van der Waals surface area contributed by atoms with E-state index in [9.17, 15) is 0 Å². The van der Waals surface area contributed by atoms with Crippen LogP contribution in [0.1, 0.15) is 17.3 Å². The van der Waals surface area contributed by atoms with Crippen molar-refractivity contribution in [3.05, 3.63) is 45.1 Å². The lowest BCUT2D eigenvalue weighted by molar-refractivity contribution is 0.606.